The summed E-state index contributed by atoms with van der Waals surface area (Å²) in [5.74, 6) is 0.680. The van der Waals surface area contributed by atoms with Crippen molar-refractivity contribution in [2.24, 2.45) is 16.5 Å². The highest BCUT2D eigenvalue weighted by atomic mass is 35.5. The van der Waals surface area contributed by atoms with Crippen molar-refractivity contribution in [3.8, 4) is 0 Å². The van der Waals surface area contributed by atoms with Gasteiger partial charge in [0.25, 0.3) is 5.96 Å². The number of hydrogen-bond acceptors (Lipinski definition) is 4. The van der Waals surface area contributed by atoms with Gasteiger partial charge in [0, 0.05) is 0 Å². The van der Waals surface area contributed by atoms with E-state index in [0.717, 1.165) is 5.69 Å². The molecule has 0 radical (unpaired) electrons. The number of guanidine groups is 2. The summed E-state index contributed by atoms with van der Waals surface area (Å²) in [4.78, 5) is 4.31. The zero-order chi connectivity index (χ0) is 13.5. The summed E-state index contributed by atoms with van der Waals surface area (Å²) in [6.45, 7) is 3.80. The molecule has 18 heavy (non-hydrogen) atoms. The summed E-state index contributed by atoms with van der Waals surface area (Å²) in [5.41, 5.74) is 11.8. The number of benzene rings is 1. The minimum absolute atomic E-state index is 0.286. The Labute approximate surface area is 115 Å². The number of nitrogens with two attached hydrogens (primary N) is 2. The Hall–Kier alpha value is -1.46. The number of nitrogens with zero attached hydrogens (tertiary/aromatic N) is 2. The average molecular weight is 287 g/mol. The summed E-state index contributed by atoms with van der Waals surface area (Å²) < 4.78 is 1.80. The smallest absolute Gasteiger partial charge is 0.357 e. The van der Waals surface area contributed by atoms with Crippen LogP contribution in [0.5, 0.6) is 0 Å². The molecule has 5 N–H and O–H groups in total. The van der Waals surface area contributed by atoms with Crippen LogP contribution in [0.4, 0.5) is 5.69 Å². The molecule has 0 aromatic heterocycles. The molecule has 0 saturated heterocycles. The lowest BCUT2D eigenvalue weighted by Gasteiger charge is -2.28. The first-order chi connectivity index (χ1) is 8.31. The molecule has 0 spiro atoms. The molecule has 5 nitrogen and oxygen atoms in total. The fraction of sp³-hybridized carbons (Fsp3) is 0.273. The largest absolute Gasteiger partial charge is 0.357 e. The predicted molar refractivity (Wildman–Crippen MR) is 74.4 cm³/mol. The van der Waals surface area contributed by atoms with E-state index in [1.54, 1.807) is 16.7 Å². The van der Waals surface area contributed by atoms with Gasteiger partial charge in [-0.1, -0.05) is 23.2 Å². The highest BCUT2D eigenvalue weighted by Crippen LogP contribution is 2.30. The van der Waals surface area contributed by atoms with E-state index in [-0.39, 0.29) is 5.96 Å². The lowest BCUT2D eigenvalue weighted by atomic mass is 10.2. The number of hydrogen-bond donors (Lipinski definition) is 3. The van der Waals surface area contributed by atoms with Gasteiger partial charge in [-0.05, 0) is 32.0 Å². The fourth-order valence-corrected chi connectivity index (χ4v) is 2.23. The Morgan fingerprint density at radius 1 is 1.22 bits per heavy atom. The van der Waals surface area contributed by atoms with Crippen molar-refractivity contribution in [2.45, 2.75) is 19.5 Å². The van der Waals surface area contributed by atoms with Gasteiger partial charge in [-0.3, -0.25) is 5.73 Å². The quantitative estimate of drug-likeness (QED) is 0.686. The van der Waals surface area contributed by atoms with Crippen molar-refractivity contribution in [1.82, 2.24) is 5.32 Å². The van der Waals surface area contributed by atoms with Crippen LogP contribution in [0.2, 0.25) is 10.0 Å². The van der Waals surface area contributed by atoms with Crippen LogP contribution >= 0.6 is 23.2 Å². The molecule has 0 unspecified atom stereocenters. The molecule has 2 rings (SSSR count). The highest BCUT2D eigenvalue weighted by molar-refractivity contribution is 6.42. The van der Waals surface area contributed by atoms with E-state index < -0.39 is 5.66 Å². The van der Waals surface area contributed by atoms with E-state index in [1.807, 2.05) is 19.9 Å². The summed E-state index contributed by atoms with van der Waals surface area (Å²) >= 11 is 11.9. The zero-order valence-corrected chi connectivity index (χ0v) is 11.5. The van der Waals surface area contributed by atoms with Crippen LogP contribution in [0.15, 0.2) is 23.2 Å². The van der Waals surface area contributed by atoms with Crippen LogP contribution < -0.4 is 16.8 Å². The van der Waals surface area contributed by atoms with Gasteiger partial charge in [-0.2, -0.15) is 4.99 Å². The molecule has 1 aromatic carbocycles. The van der Waals surface area contributed by atoms with Crippen molar-refractivity contribution >= 4 is 40.8 Å². The van der Waals surface area contributed by atoms with E-state index in [4.69, 9.17) is 34.7 Å². The number of rotatable bonds is 1. The normalized spacial score (nSPS) is 18.3. The Kier molecular flexibility index (Phi) is 3.12. The van der Waals surface area contributed by atoms with Gasteiger partial charge in [0.05, 0.1) is 10.0 Å². The minimum atomic E-state index is -0.601. The second-order valence-electron chi connectivity index (χ2n) is 4.44. The molecule has 0 aliphatic carbocycles. The summed E-state index contributed by atoms with van der Waals surface area (Å²) in [6, 6.07) is 5.27. The van der Waals surface area contributed by atoms with Gasteiger partial charge in [0.15, 0.2) is 5.66 Å². The van der Waals surface area contributed by atoms with Crippen molar-refractivity contribution in [3.63, 3.8) is 0 Å². The van der Waals surface area contributed by atoms with Gasteiger partial charge in [-0.15, -0.1) is 0 Å². The predicted octanol–water partition coefficient (Wildman–Crippen LogP) is 1.61. The van der Waals surface area contributed by atoms with Crippen LogP contribution in [0, 0.1) is 0 Å². The summed E-state index contributed by atoms with van der Waals surface area (Å²) in [6.07, 6.45) is 0. The Bertz CT molecular complexity index is 563. The van der Waals surface area contributed by atoms with Gasteiger partial charge in [0.2, 0.25) is 0 Å². The SMILES string of the molecule is CC1(C)N=C(N)NC(N)=[N+]1c1ccc(Cl)c(Cl)c1. The third kappa shape index (κ3) is 2.23. The Balaban J connectivity index is 2.55. The monoisotopic (exact) mass is 286 g/mol. The summed E-state index contributed by atoms with van der Waals surface area (Å²) in [5, 5.41) is 3.74. The maximum absolute atomic E-state index is 6.01. The van der Waals surface area contributed by atoms with E-state index in [1.165, 1.54) is 0 Å². The Morgan fingerprint density at radius 2 is 1.89 bits per heavy atom. The van der Waals surface area contributed by atoms with Crippen LogP contribution in [0.3, 0.4) is 0 Å². The second kappa shape index (κ2) is 4.33. The van der Waals surface area contributed by atoms with Crippen LogP contribution in [0.1, 0.15) is 13.8 Å². The van der Waals surface area contributed by atoms with Crippen molar-refractivity contribution < 1.29 is 4.58 Å². The maximum Gasteiger partial charge on any atom is 0.357 e. The Morgan fingerprint density at radius 3 is 2.44 bits per heavy atom. The van der Waals surface area contributed by atoms with Crippen molar-refractivity contribution in [2.75, 3.05) is 0 Å². The number of nitrogens with one attached hydrogen (secondary N) is 1. The molecule has 1 aliphatic heterocycles. The lowest BCUT2D eigenvalue weighted by molar-refractivity contribution is -0.527. The molecule has 0 amide bonds. The number of aliphatic imine (C=N–C) groups is 1. The first kappa shape index (κ1) is 13.0. The maximum atomic E-state index is 6.01. The first-order valence-electron chi connectivity index (χ1n) is 5.31. The zero-order valence-electron chi connectivity index (χ0n) is 10.0. The number of halogens is 2. The van der Waals surface area contributed by atoms with Crippen LogP contribution in [-0.4, -0.2) is 22.2 Å². The molecule has 7 heteroatoms. The second-order valence-corrected chi connectivity index (χ2v) is 5.25. The molecule has 1 heterocycles. The lowest BCUT2D eigenvalue weighted by Crippen LogP contribution is -2.55. The third-order valence-electron chi connectivity index (χ3n) is 2.60. The molecule has 1 aromatic rings. The molecule has 1 aliphatic rings. The molecular formula is C11H14Cl2N5+. The van der Waals surface area contributed by atoms with Crippen LogP contribution in [0.25, 0.3) is 0 Å². The first-order valence-corrected chi connectivity index (χ1v) is 6.07. The van der Waals surface area contributed by atoms with Gasteiger partial charge in [0.1, 0.15) is 5.69 Å². The van der Waals surface area contributed by atoms with Gasteiger partial charge >= 0.3 is 5.96 Å². The highest BCUT2D eigenvalue weighted by Gasteiger charge is 2.34. The molecule has 0 fully saturated rings. The standard InChI is InChI=1S/C11H13Cl2N5/c1-11(2)17-9(14)16-10(15)18(11)6-3-4-7(12)8(13)5-6/h3-5H,1-2H3,(H4,14,15,16,17)/p+1. The van der Waals surface area contributed by atoms with Gasteiger partial charge < -0.3 is 5.73 Å². The van der Waals surface area contributed by atoms with E-state index in [0.29, 0.717) is 16.0 Å². The van der Waals surface area contributed by atoms with E-state index >= 15 is 0 Å². The molecule has 0 bridgehead atoms. The average Bonchev–Trinajstić information content (AvgIpc) is 2.20. The van der Waals surface area contributed by atoms with Crippen molar-refractivity contribution in [1.29, 1.82) is 0 Å². The van der Waals surface area contributed by atoms with Crippen molar-refractivity contribution in [3.05, 3.63) is 28.2 Å². The molecular weight excluding hydrogens is 273 g/mol. The molecule has 96 valence electrons. The minimum Gasteiger partial charge on any atom is -0.357 e. The molecule has 0 atom stereocenters. The molecule has 0 saturated carbocycles. The fourth-order valence-electron chi connectivity index (χ4n) is 1.93. The van der Waals surface area contributed by atoms with Gasteiger partial charge in [-0.25, -0.2) is 9.89 Å². The van der Waals surface area contributed by atoms with Crippen LogP contribution in [-0.2, 0) is 0 Å². The van der Waals surface area contributed by atoms with E-state index in [2.05, 4.69) is 10.3 Å². The van der Waals surface area contributed by atoms with E-state index in [9.17, 15) is 0 Å². The third-order valence-corrected chi connectivity index (χ3v) is 3.34. The topological polar surface area (TPSA) is 79.4 Å². The summed E-state index contributed by atoms with van der Waals surface area (Å²) in [7, 11) is 0.